The number of fused-ring (bicyclic) bond motifs is 1. The van der Waals surface area contributed by atoms with Gasteiger partial charge in [0, 0.05) is 12.5 Å². The number of aryl methyl sites for hydroxylation is 1. The molecule has 0 aromatic heterocycles. The van der Waals surface area contributed by atoms with E-state index in [4.69, 9.17) is 0 Å². The topological polar surface area (TPSA) is 20.3 Å². The van der Waals surface area contributed by atoms with Gasteiger partial charge < -0.3 is 4.90 Å². The quantitative estimate of drug-likeness (QED) is 0.545. The highest BCUT2D eigenvalue weighted by Gasteiger charge is 2.34. The number of halogens is 3. The van der Waals surface area contributed by atoms with Crippen LogP contribution in [0.5, 0.6) is 0 Å². The van der Waals surface area contributed by atoms with E-state index in [0.29, 0.717) is 6.54 Å². The lowest BCUT2D eigenvalue weighted by Crippen LogP contribution is -2.40. The fourth-order valence-corrected chi connectivity index (χ4v) is 4.97. The largest absolute Gasteiger partial charge is 0.416 e. The molecule has 30 heavy (non-hydrogen) atoms. The van der Waals surface area contributed by atoms with Crippen molar-refractivity contribution in [2.75, 3.05) is 0 Å². The third-order valence-electron chi connectivity index (χ3n) is 6.59. The Bertz CT molecular complexity index is 869. The fourth-order valence-electron chi connectivity index (χ4n) is 4.97. The lowest BCUT2D eigenvalue weighted by Gasteiger charge is -2.38. The van der Waals surface area contributed by atoms with Crippen LogP contribution in [0.15, 0.2) is 48.5 Å². The van der Waals surface area contributed by atoms with Gasteiger partial charge >= 0.3 is 6.18 Å². The van der Waals surface area contributed by atoms with Gasteiger partial charge in [-0.15, -0.1) is 0 Å². The highest BCUT2D eigenvalue weighted by molar-refractivity contribution is 5.79. The summed E-state index contributed by atoms with van der Waals surface area (Å²) in [6.07, 6.45) is 3.73. The van der Waals surface area contributed by atoms with Gasteiger partial charge in [-0.05, 0) is 60.9 Å². The Morgan fingerprint density at radius 1 is 0.900 bits per heavy atom. The van der Waals surface area contributed by atoms with Crippen LogP contribution in [-0.2, 0) is 23.9 Å². The zero-order valence-corrected chi connectivity index (χ0v) is 17.1. The van der Waals surface area contributed by atoms with E-state index in [1.165, 1.54) is 29.7 Å². The summed E-state index contributed by atoms with van der Waals surface area (Å²) in [5.41, 5.74) is 2.57. The zero-order chi connectivity index (χ0) is 21.1. The van der Waals surface area contributed by atoms with Gasteiger partial charge in [-0.3, -0.25) is 4.79 Å². The molecule has 2 aliphatic rings. The van der Waals surface area contributed by atoms with Crippen LogP contribution in [0.2, 0.25) is 0 Å². The molecule has 2 aliphatic carbocycles. The third-order valence-corrected chi connectivity index (χ3v) is 6.59. The molecule has 4 rings (SSSR count). The standard InChI is InChI=1S/C25H28F3NO/c26-25(27,28)21-15-13-18(14-16-21)17-29(24(30)20-8-2-1-3-9-20)23-12-6-10-19-7-4-5-11-22(19)23/h4-5,7,11,13-16,20,23H,1-3,6,8-10,12,17H2. The number of benzene rings is 2. The van der Waals surface area contributed by atoms with Crippen LogP contribution in [0.1, 0.15) is 73.2 Å². The average Bonchev–Trinajstić information content (AvgIpc) is 2.77. The first-order valence-electron chi connectivity index (χ1n) is 11.0. The van der Waals surface area contributed by atoms with Crippen molar-refractivity contribution in [2.24, 2.45) is 5.92 Å². The number of hydrogen-bond donors (Lipinski definition) is 0. The van der Waals surface area contributed by atoms with Gasteiger partial charge in [0.25, 0.3) is 0 Å². The predicted octanol–water partition coefficient (Wildman–Crippen LogP) is 6.69. The number of hydrogen-bond acceptors (Lipinski definition) is 1. The fraction of sp³-hybridized carbons (Fsp3) is 0.480. The summed E-state index contributed by atoms with van der Waals surface area (Å²) in [4.78, 5) is 15.5. The first-order valence-corrected chi connectivity index (χ1v) is 11.0. The number of rotatable bonds is 4. The number of carbonyl (C=O) groups is 1. The molecule has 0 N–H and O–H groups in total. The molecule has 1 unspecified atom stereocenters. The van der Waals surface area contributed by atoms with Gasteiger partial charge in [-0.1, -0.05) is 55.7 Å². The maximum absolute atomic E-state index is 13.6. The van der Waals surface area contributed by atoms with Crippen molar-refractivity contribution in [3.8, 4) is 0 Å². The lowest BCUT2D eigenvalue weighted by molar-refractivity contribution is -0.140. The summed E-state index contributed by atoms with van der Waals surface area (Å²) >= 11 is 0. The maximum Gasteiger partial charge on any atom is 0.416 e. The molecule has 2 aromatic carbocycles. The second-order valence-electron chi connectivity index (χ2n) is 8.60. The van der Waals surface area contributed by atoms with E-state index in [2.05, 4.69) is 12.1 Å². The van der Waals surface area contributed by atoms with Crippen LogP contribution in [0.3, 0.4) is 0 Å². The number of alkyl halides is 3. The lowest BCUT2D eigenvalue weighted by atomic mass is 9.84. The monoisotopic (exact) mass is 415 g/mol. The molecule has 0 saturated heterocycles. The van der Waals surface area contributed by atoms with E-state index in [0.717, 1.165) is 62.6 Å². The van der Waals surface area contributed by atoms with Crippen molar-refractivity contribution in [1.82, 2.24) is 4.90 Å². The Morgan fingerprint density at radius 3 is 2.30 bits per heavy atom. The molecule has 1 saturated carbocycles. The smallest absolute Gasteiger partial charge is 0.331 e. The molecule has 2 nitrogen and oxygen atoms in total. The van der Waals surface area contributed by atoms with Crippen molar-refractivity contribution in [2.45, 2.75) is 70.1 Å². The average molecular weight is 415 g/mol. The summed E-state index contributed by atoms with van der Waals surface area (Å²) < 4.78 is 38.8. The van der Waals surface area contributed by atoms with Gasteiger partial charge in [0.2, 0.25) is 5.91 Å². The Morgan fingerprint density at radius 2 is 1.60 bits per heavy atom. The van der Waals surface area contributed by atoms with Gasteiger partial charge in [0.15, 0.2) is 0 Å². The van der Waals surface area contributed by atoms with Crippen molar-refractivity contribution in [3.63, 3.8) is 0 Å². The number of carbonyl (C=O) groups excluding carboxylic acids is 1. The molecule has 0 bridgehead atoms. The van der Waals surface area contributed by atoms with Crippen LogP contribution in [0.25, 0.3) is 0 Å². The normalized spacial score (nSPS) is 19.9. The second kappa shape index (κ2) is 8.83. The molecule has 5 heteroatoms. The van der Waals surface area contributed by atoms with Gasteiger partial charge in [0.05, 0.1) is 11.6 Å². The molecule has 0 aliphatic heterocycles. The Balaban J connectivity index is 1.63. The Kier molecular flexibility index (Phi) is 6.16. The Labute approximate surface area is 176 Å². The van der Waals surface area contributed by atoms with Gasteiger partial charge in [-0.2, -0.15) is 13.2 Å². The summed E-state index contributed by atoms with van der Waals surface area (Å²) in [7, 11) is 0. The van der Waals surface area contributed by atoms with E-state index in [1.807, 2.05) is 17.0 Å². The van der Waals surface area contributed by atoms with Crippen LogP contribution in [0, 0.1) is 5.92 Å². The number of nitrogens with zero attached hydrogens (tertiary/aromatic N) is 1. The molecule has 1 fully saturated rings. The van der Waals surface area contributed by atoms with E-state index in [-0.39, 0.29) is 17.9 Å². The van der Waals surface area contributed by atoms with E-state index >= 15 is 0 Å². The predicted molar refractivity (Wildman–Crippen MR) is 111 cm³/mol. The SMILES string of the molecule is O=C(C1CCCCC1)N(Cc1ccc(C(F)(F)F)cc1)C1CCCc2ccccc21. The van der Waals surface area contributed by atoms with Crippen molar-refractivity contribution >= 4 is 5.91 Å². The van der Waals surface area contributed by atoms with Crippen molar-refractivity contribution < 1.29 is 18.0 Å². The summed E-state index contributed by atoms with van der Waals surface area (Å²) in [6, 6.07) is 13.5. The molecule has 1 atom stereocenters. The van der Waals surface area contributed by atoms with Gasteiger partial charge in [-0.25, -0.2) is 0 Å². The van der Waals surface area contributed by atoms with Crippen molar-refractivity contribution in [1.29, 1.82) is 0 Å². The molecule has 160 valence electrons. The minimum atomic E-state index is -4.35. The second-order valence-corrected chi connectivity index (χ2v) is 8.60. The molecule has 2 aromatic rings. The Hall–Kier alpha value is -2.30. The molecular formula is C25H28F3NO. The third kappa shape index (κ3) is 4.55. The van der Waals surface area contributed by atoms with Gasteiger partial charge in [0.1, 0.15) is 0 Å². The maximum atomic E-state index is 13.6. The first-order chi connectivity index (χ1) is 14.4. The van der Waals surface area contributed by atoms with Crippen LogP contribution >= 0.6 is 0 Å². The van der Waals surface area contributed by atoms with E-state index in [1.54, 1.807) is 0 Å². The number of amides is 1. The molecule has 0 spiro atoms. The molecule has 0 heterocycles. The minimum Gasteiger partial charge on any atom is -0.331 e. The summed E-state index contributed by atoms with van der Waals surface area (Å²) in [6.45, 7) is 0.354. The zero-order valence-electron chi connectivity index (χ0n) is 17.1. The van der Waals surface area contributed by atoms with Crippen molar-refractivity contribution in [3.05, 3.63) is 70.8 Å². The molecular weight excluding hydrogens is 387 g/mol. The summed E-state index contributed by atoms with van der Waals surface area (Å²) in [5.74, 6) is 0.193. The molecule has 1 amide bonds. The summed E-state index contributed by atoms with van der Waals surface area (Å²) in [5, 5.41) is 0. The minimum absolute atomic E-state index is 0.00771. The van der Waals surface area contributed by atoms with Crippen LogP contribution < -0.4 is 0 Å². The first kappa shape index (κ1) is 21.0. The van der Waals surface area contributed by atoms with E-state index < -0.39 is 11.7 Å². The van der Waals surface area contributed by atoms with E-state index in [9.17, 15) is 18.0 Å². The molecule has 0 radical (unpaired) electrons. The van der Waals surface area contributed by atoms with Crippen LogP contribution in [-0.4, -0.2) is 10.8 Å². The van der Waals surface area contributed by atoms with Crippen LogP contribution in [0.4, 0.5) is 13.2 Å². The highest BCUT2D eigenvalue weighted by atomic mass is 19.4. The highest BCUT2D eigenvalue weighted by Crippen LogP contribution is 2.38.